The van der Waals surface area contributed by atoms with E-state index in [2.05, 4.69) is 14.9 Å². The van der Waals surface area contributed by atoms with Crippen LogP contribution in [0.4, 0.5) is 0 Å². The maximum Gasteiger partial charge on any atom is 0.107 e. The molecule has 0 radical (unpaired) electrons. The van der Waals surface area contributed by atoms with Crippen molar-refractivity contribution in [3.63, 3.8) is 0 Å². The van der Waals surface area contributed by atoms with E-state index < -0.39 is 0 Å². The highest BCUT2D eigenvalue weighted by Crippen LogP contribution is 2.37. The Balaban J connectivity index is 1.28. The van der Waals surface area contributed by atoms with E-state index in [-0.39, 0.29) is 11.7 Å². The molecule has 128 valence electrons. The Kier molecular flexibility index (Phi) is 4.63. The van der Waals surface area contributed by atoms with Crippen molar-refractivity contribution in [2.24, 2.45) is 0 Å². The molecule has 0 aromatic carbocycles. The zero-order chi connectivity index (χ0) is 16.4. The molecule has 4 rings (SSSR count). The summed E-state index contributed by atoms with van der Waals surface area (Å²) in [6, 6.07) is 6.05. The Hall–Kier alpha value is -1.34. The molecule has 2 saturated heterocycles. The van der Waals surface area contributed by atoms with Crippen LogP contribution in [-0.2, 0) is 22.6 Å². The second kappa shape index (κ2) is 6.88. The van der Waals surface area contributed by atoms with Gasteiger partial charge in [-0.3, -0.25) is 9.88 Å². The summed E-state index contributed by atoms with van der Waals surface area (Å²) in [5.74, 6) is 0. The molecule has 24 heavy (non-hydrogen) atoms. The zero-order valence-electron chi connectivity index (χ0n) is 14.0. The Morgan fingerprint density at radius 1 is 1.46 bits per heavy atom. The van der Waals surface area contributed by atoms with Crippen molar-refractivity contribution in [2.75, 3.05) is 19.7 Å². The van der Waals surface area contributed by atoms with Gasteiger partial charge in [-0.05, 0) is 25.5 Å². The summed E-state index contributed by atoms with van der Waals surface area (Å²) >= 11 is 1.72. The third kappa shape index (κ3) is 3.67. The Labute approximate surface area is 146 Å². The van der Waals surface area contributed by atoms with E-state index >= 15 is 0 Å². The van der Waals surface area contributed by atoms with Crippen LogP contribution < -0.4 is 0 Å². The number of aryl methyl sites for hydroxylation is 1. The van der Waals surface area contributed by atoms with Crippen LogP contribution in [0.1, 0.15) is 29.2 Å². The van der Waals surface area contributed by atoms with Crippen LogP contribution in [0.15, 0.2) is 29.8 Å². The van der Waals surface area contributed by atoms with Gasteiger partial charge in [0.05, 0.1) is 37.2 Å². The molecule has 2 fully saturated rings. The van der Waals surface area contributed by atoms with Gasteiger partial charge >= 0.3 is 0 Å². The minimum absolute atomic E-state index is 0.0258. The smallest absolute Gasteiger partial charge is 0.107 e. The molecule has 2 aromatic rings. The van der Waals surface area contributed by atoms with Crippen molar-refractivity contribution >= 4 is 11.3 Å². The molecule has 0 bridgehead atoms. The number of aromatic nitrogens is 2. The number of pyridine rings is 1. The normalized spacial score (nSPS) is 27.3. The number of thiazole rings is 1. The van der Waals surface area contributed by atoms with Crippen molar-refractivity contribution in [1.29, 1.82) is 0 Å². The highest BCUT2D eigenvalue weighted by Gasteiger charge is 2.45. The number of likely N-dealkylation sites (tertiary alicyclic amines) is 1. The second-order valence-corrected chi connectivity index (χ2v) is 7.77. The number of hydrogen-bond acceptors (Lipinski definition) is 6. The molecule has 0 N–H and O–H groups in total. The van der Waals surface area contributed by atoms with E-state index in [1.165, 1.54) is 5.01 Å². The van der Waals surface area contributed by atoms with Crippen LogP contribution in [-0.4, -0.2) is 46.3 Å². The zero-order valence-corrected chi connectivity index (χ0v) is 14.8. The average Bonchev–Trinajstić information content (AvgIpc) is 3.30. The van der Waals surface area contributed by atoms with Crippen molar-refractivity contribution in [2.45, 2.75) is 44.6 Å². The van der Waals surface area contributed by atoms with Gasteiger partial charge in [-0.2, -0.15) is 0 Å². The molecular formula is C18H23N3O2S. The summed E-state index contributed by atoms with van der Waals surface area (Å²) in [4.78, 5) is 11.3. The molecule has 0 unspecified atom stereocenters. The minimum atomic E-state index is -0.0258. The van der Waals surface area contributed by atoms with Crippen LogP contribution >= 0.6 is 11.3 Å². The van der Waals surface area contributed by atoms with Gasteiger partial charge in [0.25, 0.3) is 0 Å². The molecule has 4 heterocycles. The summed E-state index contributed by atoms with van der Waals surface area (Å²) < 4.78 is 12.2. The van der Waals surface area contributed by atoms with Crippen molar-refractivity contribution in [3.05, 3.63) is 46.2 Å². The molecule has 2 aromatic heterocycles. The fraction of sp³-hybridized carbons (Fsp3) is 0.556. The fourth-order valence-electron chi connectivity index (χ4n) is 3.66. The van der Waals surface area contributed by atoms with Crippen LogP contribution in [0.25, 0.3) is 0 Å². The van der Waals surface area contributed by atoms with E-state index in [4.69, 9.17) is 9.47 Å². The topological polar surface area (TPSA) is 47.5 Å². The lowest BCUT2D eigenvalue weighted by atomic mass is 9.98. The summed E-state index contributed by atoms with van der Waals surface area (Å²) in [7, 11) is 0. The van der Waals surface area contributed by atoms with Gasteiger partial charge in [0.2, 0.25) is 0 Å². The number of rotatable bonds is 5. The summed E-state index contributed by atoms with van der Waals surface area (Å²) in [5, 5.41) is 3.22. The highest BCUT2D eigenvalue weighted by atomic mass is 32.1. The molecule has 6 heteroatoms. The predicted molar refractivity (Wildman–Crippen MR) is 92.9 cm³/mol. The third-order valence-electron chi connectivity index (χ3n) is 4.83. The molecule has 2 atom stereocenters. The first-order valence-corrected chi connectivity index (χ1v) is 9.38. The molecule has 0 amide bonds. The minimum Gasteiger partial charge on any atom is -0.371 e. The summed E-state index contributed by atoms with van der Waals surface area (Å²) in [5.41, 5.74) is 2.00. The lowest BCUT2D eigenvalue weighted by Gasteiger charge is -2.23. The van der Waals surface area contributed by atoms with Crippen LogP contribution in [0.5, 0.6) is 0 Å². The number of nitrogens with zero attached hydrogens (tertiary/aromatic N) is 3. The van der Waals surface area contributed by atoms with Gasteiger partial charge in [-0.15, -0.1) is 11.3 Å². The van der Waals surface area contributed by atoms with Gasteiger partial charge in [0, 0.05) is 36.8 Å². The molecule has 2 aliphatic heterocycles. The molecule has 0 aliphatic carbocycles. The second-order valence-electron chi connectivity index (χ2n) is 6.79. The SMILES string of the molecule is Cc1cccc(CO[C@H]2CO[C@@]3(CCN(Cc4nccs4)C3)C2)n1. The van der Waals surface area contributed by atoms with E-state index in [0.717, 1.165) is 43.9 Å². The monoisotopic (exact) mass is 345 g/mol. The van der Waals surface area contributed by atoms with Crippen molar-refractivity contribution in [1.82, 2.24) is 14.9 Å². The fourth-order valence-corrected chi connectivity index (χ4v) is 4.32. The Morgan fingerprint density at radius 2 is 2.42 bits per heavy atom. The molecular weight excluding hydrogens is 322 g/mol. The quantitative estimate of drug-likeness (QED) is 0.834. The first-order valence-electron chi connectivity index (χ1n) is 8.50. The van der Waals surface area contributed by atoms with Crippen molar-refractivity contribution in [3.8, 4) is 0 Å². The largest absolute Gasteiger partial charge is 0.371 e. The van der Waals surface area contributed by atoms with Gasteiger partial charge in [-0.25, -0.2) is 4.98 Å². The van der Waals surface area contributed by atoms with Gasteiger partial charge in [0.15, 0.2) is 0 Å². The van der Waals surface area contributed by atoms with E-state index in [9.17, 15) is 0 Å². The standard InChI is InChI=1S/C18H23N3O2S/c1-14-3-2-4-15(20-14)11-22-16-9-18(23-12-16)5-7-21(13-18)10-17-19-6-8-24-17/h2-4,6,8,16H,5,7,9-13H2,1H3/t16-,18+/m1/s1. The Bertz CT molecular complexity index is 679. The van der Waals surface area contributed by atoms with Gasteiger partial charge in [-0.1, -0.05) is 6.07 Å². The molecule has 2 aliphatic rings. The van der Waals surface area contributed by atoms with Crippen LogP contribution in [0, 0.1) is 6.92 Å². The van der Waals surface area contributed by atoms with Crippen LogP contribution in [0.3, 0.4) is 0 Å². The predicted octanol–water partition coefficient (Wildman–Crippen LogP) is 2.80. The van der Waals surface area contributed by atoms with Gasteiger partial charge < -0.3 is 9.47 Å². The first kappa shape index (κ1) is 16.1. The number of hydrogen-bond donors (Lipinski definition) is 0. The first-order chi connectivity index (χ1) is 11.7. The van der Waals surface area contributed by atoms with Gasteiger partial charge in [0.1, 0.15) is 5.01 Å². The maximum atomic E-state index is 6.17. The Morgan fingerprint density at radius 3 is 3.25 bits per heavy atom. The third-order valence-corrected chi connectivity index (χ3v) is 5.59. The van der Waals surface area contributed by atoms with E-state index in [1.807, 2.05) is 36.7 Å². The maximum absolute atomic E-state index is 6.17. The van der Waals surface area contributed by atoms with Crippen LogP contribution in [0.2, 0.25) is 0 Å². The lowest BCUT2D eigenvalue weighted by molar-refractivity contribution is -0.000807. The molecule has 0 saturated carbocycles. The molecule has 1 spiro atoms. The highest BCUT2D eigenvalue weighted by molar-refractivity contribution is 7.09. The van der Waals surface area contributed by atoms with E-state index in [0.29, 0.717) is 13.2 Å². The van der Waals surface area contributed by atoms with Crippen molar-refractivity contribution < 1.29 is 9.47 Å². The van der Waals surface area contributed by atoms with E-state index in [1.54, 1.807) is 11.3 Å². The number of ether oxygens (including phenoxy) is 2. The lowest BCUT2D eigenvalue weighted by Crippen LogP contribution is -2.32. The summed E-state index contributed by atoms with van der Waals surface area (Å²) in [6.07, 6.45) is 4.11. The molecule has 5 nitrogen and oxygen atoms in total. The average molecular weight is 345 g/mol. The summed E-state index contributed by atoms with van der Waals surface area (Å²) in [6.45, 7) is 6.25.